The Labute approximate surface area is 181 Å². The van der Waals surface area contributed by atoms with Gasteiger partial charge in [0.2, 0.25) is 5.91 Å². The quantitative estimate of drug-likeness (QED) is 0.478. The first-order valence-corrected chi connectivity index (χ1v) is 11.0. The highest BCUT2D eigenvalue weighted by molar-refractivity contribution is 8.00. The lowest BCUT2D eigenvalue weighted by Crippen LogP contribution is -2.38. The van der Waals surface area contributed by atoms with E-state index >= 15 is 0 Å². The van der Waals surface area contributed by atoms with Crippen LogP contribution in [0.15, 0.2) is 38.9 Å². The van der Waals surface area contributed by atoms with Crippen molar-refractivity contribution in [3.8, 4) is 11.4 Å². The summed E-state index contributed by atoms with van der Waals surface area (Å²) in [6, 6.07) is 5.95. The van der Waals surface area contributed by atoms with Crippen LogP contribution in [0.4, 0.5) is 4.39 Å². The Morgan fingerprint density at radius 2 is 1.94 bits per heavy atom. The molecule has 2 aromatic heterocycles. The van der Waals surface area contributed by atoms with Gasteiger partial charge in [0, 0.05) is 25.7 Å². The molecule has 1 amide bonds. The normalized spacial score (nSPS) is 14.3. The van der Waals surface area contributed by atoms with E-state index in [1.165, 1.54) is 36.9 Å². The van der Waals surface area contributed by atoms with Crippen molar-refractivity contribution >= 4 is 28.7 Å². The van der Waals surface area contributed by atoms with Gasteiger partial charge in [0.25, 0.3) is 5.56 Å². The Morgan fingerprint density at radius 3 is 2.65 bits per heavy atom. The van der Waals surface area contributed by atoms with Crippen LogP contribution in [0.25, 0.3) is 22.4 Å². The first kappa shape index (κ1) is 21.2. The highest BCUT2D eigenvalue weighted by atomic mass is 32.2. The molecule has 162 valence electrons. The molecule has 0 aliphatic heterocycles. The molecule has 0 bridgehead atoms. The SMILES string of the molecule is Cn1c(=O)c2c(SCC(=O)NC3CCCC3)nc(-c3cccc(F)c3)nc2n(C)c1=O. The number of halogens is 1. The fourth-order valence-corrected chi connectivity index (χ4v) is 4.59. The molecule has 31 heavy (non-hydrogen) atoms. The minimum absolute atomic E-state index is 0.0667. The van der Waals surface area contributed by atoms with Crippen LogP contribution in [0.2, 0.25) is 0 Å². The van der Waals surface area contributed by atoms with Gasteiger partial charge in [0.1, 0.15) is 16.2 Å². The lowest BCUT2D eigenvalue weighted by molar-refractivity contribution is -0.119. The molecule has 2 heterocycles. The number of fused-ring (bicyclic) bond motifs is 1. The number of thioether (sulfide) groups is 1. The second-order valence-electron chi connectivity index (χ2n) is 7.60. The van der Waals surface area contributed by atoms with E-state index in [1.54, 1.807) is 6.07 Å². The molecule has 0 radical (unpaired) electrons. The second-order valence-corrected chi connectivity index (χ2v) is 8.57. The second kappa shape index (κ2) is 8.62. The monoisotopic (exact) mass is 443 g/mol. The number of nitrogens with zero attached hydrogens (tertiary/aromatic N) is 4. The fraction of sp³-hybridized carbons (Fsp3) is 0.381. The number of hydrogen-bond donors (Lipinski definition) is 1. The number of hydrogen-bond acceptors (Lipinski definition) is 6. The lowest BCUT2D eigenvalue weighted by Gasteiger charge is -2.13. The number of aromatic nitrogens is 4. The van der Waals surface area contributed by atoms with Crippen LogP contribution >= 0.6 is 11.8 Å². The van der Waals surface area contributed by atoms with E-state index in [9.17, 15) is 18.8 Å². The van der Waals surface area contributed by atoms with Gasteiger partial charge in [-0.15, -0.1) is 0 Å². The van der Waals surface area contributed by atoms with E-state index in [4.69, 9.17) is 0 Å². The first-order valence-electron chi connectivity index (χ1n) is 10.0. The molecule has 1 aliphatic rings. The third-order valence-corrected chi connectivity index (χ3v) is 6.39. The smallest absolute Gasteiger partial charge is 0.332 e. The predicted octanol–water partition coefficient (Wildman–Crippen LogP) is 1.98. The van der Waals surface area contributed by atoms with Crippen molar-refractivity contribution in [1.29, 1.82) is 0 Å². The van der Waals surface area contributed by atoms with Crippen LogP contribution in [0.5, 0.6) is 0 Å². The summed E-state index contributed by atoms with van der Waals surface area (Å²) in [5.74, 6) is -0.354. The Kier molecular flexibility index (Phi) is 5.90. The molecule has 1 fully saturated rings. The van der Waals surface area contributed by atoms with Gasteiger partial charge < -0.3 is 5.32 Å². The van der Waals surface area contributed by atoms with Gasteiger partial charge in [-0.1, -0.05) is 36.7 Å². The minimum Gasteiger partial charge on any atom is -0.353 e. The number of carbonyl (C=O) groups is 1. The molecule has 0 atom stereocenters. The third kappa shape index (κ3) is 4.25. The van der Waals surface area contributed by atoms with Crippen molar-refractivity contribution in [1.82, 2.24) is 24.4 Å². The van der Waals surface area contributed by atoms with Gasteiger partial charge in [-0.3, -0.25) is 18.7 Å². The van der Waals surface area contributed by atoms with Crippen molar-refractivity contribution in [2.75, 3.05) is 5.75 Å². The zero-order valence-electron chi connectivity index (χ0n) is 17.2. The Balaban J connectivity index is 1.78. The maximum absolute atomic E-state index is 13.8. The van der Waals surface area contributed by atoms with E-state index in [0.717, 1.165) is 42.0 Å². The van der Waals surface area contributed by atoms with Gasteiger partial charge >= 0.3 is 5.69 Å². The Morgan fingerprint density at radius 1 is 1.19 bits per heavy atom. The molecular formula is C21H22FN5O3S. The number of amides is 1. The van der Waals surface area contributed by atoms with E-state index < -0.39 is 17.1 Å². The molecule has 1 saturated carbocycles. The highest BCUT2D eigenvalue weighted by Crippen LogP contribution is 2.26. The maximum atomic E-state index is 13.8. The zero-order valence-corrected chi connectivity index (χ0v) is 18.0. The van der Waals surface area contributed by atoms with Gasteiger partial charge in [-0.05, 0) is 25.0 Å². The number of benzene rings is 1. The van der Waals surface area contributed by atoms with Crippen molar-refractivity contribution in [3.63, 3.8) is 0 Å². The average Bonchev–Trinajstić information content (AvgIpc) is 3.27. The summed E-state index contributed by atoms with van der Waals surface area (Å²) in [4.78, 5) is 46.5. The number of aryl methyl sites for hydroxylation is 1. The van der Waals surface area contributed by atoms with Crippen LogP contribution in [0.3, 0.4) is 0 Å². The molecule has 3 aromatic rings. The molecule has 0 saturated heterocycles. The Hall–Kier alpha value is -3.01. The summed E-state index contributed by atoms with van der Waals surface area (Å²) in [6.07, 6.45) is 4.16. The van der Waals surface area contributed by atoms with Gasteiger partial charge in [-0.25, -0.2) is 19.2 Å². The average molecular weight is 444 g/mol. The van der Waals surface area contributed by atoms with Crippen molar-refractivity contribution < 1.29 is 9.18 Å². The summed E-state index contributed by atoms with van der Waals surface area (Å²) < 4.78 is 16.0. The van der Waals surface area contributed by atoms with E-state index in [-0.39, 0.29) is 39.6 Å². The van der Waals surface area contributed by atoms with E-state index in [1.807, 2.05) is 0 Å². The lowest BCUT2D eigenvalue weighted by atomic mass is 10.2. The standard InChI is InChI=1S/C21H22FN5O3S/c1-26-18-16(20(29)27(2)21(26)30)19(31-11-15(28)23-14-8-3-4-9-14)25-17(24-18)12-6-5-7-13(22)10-12/h5-7,10,14H,3-4,8-9,11H2,1-2H3,(H,23,28). The molecule has 1 aromatic carbocycles. The first-order chi connectivity index (χ1) is 14.8. The van der Waals surface area contributed by atoms with E-state index in [2.05, 4.69) is 15.3 Å². The number of rotatable bonds is 5. The number of carbonyl (C=O) groups excluding carboxylic acids is 1. The predicted molar refractivity (Wildman–Crippen MR) is 117 cm³/mol. The number of nitrogens with one attached hydrogen (secondary N) is 1. The molecule has 1 aliphatic carbocycles. The zero-order chi connectivity index (χ0) is 22.1. The molecule has 1 N–H and O–H groups in total. The largest absolute Gasteiger partial charge is 0.353 e. The van der Waals surface area contributed by atoms with Crippen molar-refractivity contribution in [2.45, 2.75) is 36.8 Å². The highest BCUT2D eigenvalue weighted by Gasteiger charge is 2.21. The molecule has 8 nitrogen and oxygen atoms in total. The fourth-order valence-electron chi connectivity index (χ4n) is 3.76. The molecular weight excluding hydrogens is 421 g/mol. The van der Waals surface area contributed by atoms with Crippen LogP contribution in [-0.2, 0) is 18.9 Å². The van der Waals surface area contributed by atoms with Gasteiger partial charge in [-0.2, -0.15) is 0 Å². The van der Waals surface area contributed by atoms with Gasteiger partial charge in [0.15, 0.2) is 11.5 Å². The molecule has 4 rings (SSSR count). The molecule has 0 spiro atoms. The summed E-state index contributed by atoms with van der Waals surface area (Å²) in [5.41, 5.74) is -0.521. The summed E-state index contributed by atoms with van der Waals surface area (Å²) >= 11 is 1.11. The third-order valence-electron chi connectivity index (χ3n) is 5.41. The maximum Gasteiger partial charge on any atom is 0.332 e. The minimum atomic E-state index is -0.539. The van der Waals surface area contributed by atoms with Crippen LogP contribution in [0.1, 0.15) is 25.7 Å². The van der Waals surface area contributed by atoms with Crippen LogP contribution < -0.4 is 16.6 Å². The molecule has 10 heteroatoms. The summed E-state index contributed by atoms with van der Waals surface area (Å²) in [5, 5.41) is 3.44. The summed E-state index contributed by atoms with van der Waals surface area (Å²) in [6.45, 7) is 0. The van der Waals surface area contributed by atoms with Crippen molar-refractivity contribution in [3.05, 3.63) is 50.9 Å². The Bertz CT molecular complexity index is 1280. The van der Waals surface area contributed by atoms with Gasteiger partial charge in [0.05, 0.1) is 5.75 Å². The van der Waals surface area contributed by atoms with Crippen LogP contribution in [0, 0.1) is 5.82 Å². The van der Waals surface area contributed by atoms with Crippen LogP contribution in [-0.4, -0.2) is 36.8 Å². The summed E-state index contributed by atoms with van der Waals surface area (Å²) in [7, 11) is 2.89. The van der Waals surface area contributed by atoms with Crippen molar-refractivity contribution in [2.24, 2.45) is 14.1 Å². The molecule has 0 unspecified atom stereocenters. The van der Waals surface area contributed by atoms with E-state index in [0.29, 0.717) is 5.56 Å². The topological polar surface area (TPSA) is 98.9 Å².